The van der Waals surface area contributed by atoms with E-state index in [2.05, 4.69) is 0 Å². The first kappa shape index (κ1) is 16.8. The highest BCUT2D eigenvalue weighted by molar-refractivity contribution is 5.33. The van der Waals surface area contributed by atoms with E-state index in [1.54, 1.807) is 31.2 Å². The van der Waals surface area contributed by atoms with Crippen molar-refractivity contribution in [3.63, 3.8) is 0 Å². The fourth-order valence-corrected chi connectivity index (χ4v) is 2.24. The Bertz CT molecular complexity index is 423. The van der Waals surface area contributed by atoms with E-state index in [9.17, 15) is 13.2 Å². The van der Waals surface area contributed by atoms with E-state index >= 15 is 0 Å². The summed E-state index contributed by atoms with van der Waals surface area (Å²) in [5.41, 5.74) is 6.34. The van der Waals surface area contributed by atoms with Crippen molar-refractivity contribution in [2.75, 3.05) is 14.2 Å². The third-order valence-corrected chi connectivity index (χ3v) is 3.30. The number of nitrogens with zero attached hydrogens (tertiary/aromatic N) is 1. The Hall–Kier alpha value is -1.27. The molecule has 1 aromatic rings. The molecule has 0 aromatic heterocycles. The largest absolute Gasteiger partial charge is 0.496 e. The molecule has 0 aliphatic heterocycles. The number of halogens is 3. The molecule has 0 spiro atoms. The fourth-order valence-electron chi connectivity index (χ4n) is 2.24. The zero-order valence-electron chi connectivity index (χ0n) is 11.9. The molecule has 6 heteroatoms. The first-order chi connectivity index (χ1) is 9.31. The molecule has 2 atom stereocenters. The summed E-state index contributed by atoms with van der Waals surface area (Å²) in [6.45, 7) is 1.78. The van der Waals surface area contributed by atoms with Crippen molar-refractivity contribution in [3.8, 4) is 5.75 Å². The maximum atomic E-state index is 13.1. The lowest BCUT2D eigenvalue weighted by Crippen LogP contribution is -2.54. The van der Waals surface area contributed by atoms with Crippen LogP contribution in [0.4, 0.5) is 13.2 Å². The number of alkyl halides is 3. The van der Waals surface area contributed by atoms with E-state index in [0.717, 1.165) is 0 Å². The highest BCUT2D eigenvalue weighted by atomic mass is 19.4. The Morgan fingerprint density at radius 1 is 1.30 bits per heavy atom. The molecule has 0 aliphatic carbocycles. The predicted octanol–water partition coefficient (Wildman–Crippen LogP) is 2.80. The van der Waals surface area contributed by atoms with Crippen LogP contribution in [-0.2, 0) is 6.54 Å². The summed E-state index contributed by atoms with van der Waals surface area (Å²) in [5.74, 6) is 0.574. The summed E-state index contributed by atoms with van der Waals surface area (Å²) in [4.78, 5) is 1.23. The number of ether oxygens (including phenoxy) is 1. The number of methoxy groups -OCH3 is 1. The fraction of sp³-hybridized carbons (Fsp3) is 0.571. The zero-order chi connectivity index (χ0) is 15.3. The second-order valence-corrected chi connectivity index (χ2v) is 4.79. The molecule has 0 amide bonds. The minimum absolute atomic E-state index is 0.127. The Labute approximate surface area is 117 Å². The lowest BCUT2D eigenvalue weighted by Gasteiger charge is -2.34. The molecule has 0 aliphatic rings. The van der Waals surface area contributed by atoms with E-state index in [1.165, 1.54) is 19.1 Å². The van der Waals surface area contributed by atoms with Crippen molar-refractivity contribution in [3.05, 3.63) is 29.8 Å². The minimum Gasteiger partial charge on any atom is -0.496 e. The molecule has 20 heavy (non-hydrogen) atoms. The molecular weight excluding hydrogens is 269 g/mol. The van der Waals surface area contributed by atoms with Crippen molar-refractivity contribution >= 4 is 0 Å². The van der Waals surface area contributed by atoms with E-state index in [0.29, 0.717) is 11.3 Å². The van der Waals surface area contributed by atoms with E-state index in [4.69, 9.17) is 10.5 Å². The number of hydrogen-bond donors (Lipinski definition) is 1. The van der Waals surface area contributed by atoms with Crippen LogP contribution in [0.1, 0.15) is 18.9 Å². The topological polar surface area (TPSA) is 38.5 Å². The normalized spacial score (nSPS) is 15.2. The molecular formula is C14H21F3N2O. The average molecular weight is 290 g/mol. The smallest absolute Gasteiger partial charge is 0.405 e. The van der Waals surface area contributed by atoms with Gasteiger partial charge in [-0.3, -0.25) is 4.90 Å². The van der Waals surface area contributed by atoms with Crippen LogP contribution >= 0.6 is 0 Å². The number of likely N-dealkylation sites (N-methyl/N-ethyl adjacent to an activating group) is 1. The average Bonchev–Trinajstić information content (AvgIpc) is 2.37. The van der Waals surface area contributed by atoms with E-state index in [1.807, 2.05) is 0 Å². The van der Waals surface area contributed by atoms with Crippen LogP contribution < -0.4 is 10.5 Å². The maximum Gasteiger partial charge on any atom is 0.405 e. The lowest BCUT2D eigenvalue weighted by atomic mass is 10.0. The quantitative estimate of drug-likeness (QED) is 0.875. The summed E-state index contributed by atoms with van der Waals surface area (Å²) in [6, 6.07) is 4.41. The minimum atomic E-state index is -4.35. The van der Waals surface area contributed by atoms with Crippen LogP contribution in [0.5, 0.6) is 5.75 Å². The summed E-state index contributed by atoms with van der Waals surface area (Å²) in [6.07, 6.45) is -4.09. The number of nitrogens with two attached hydrogens (primary N) is 1. The Morgan fingerprint density at radius 3 is 2.40 bits per heavy atom. The first-order valence-electron chi connectivity index (χ1n) is 6.45. The van der Waals surface area contributed by atoms with Crippen LogP contribution in [0.25, 0.3) is 0 Å². The Morgan fingerprint density at radius 2 is 1.90 bits per heavy atom. The highest BCUT2D eigenvalue weighted by Gasteiger charge is 2.45. The third kappa shape index (κ3) is 4.11. The van der Waals surface area contributed by atoms with E-state index in [-0.39, 0.29) is 13.0 Å². The highest BCUT2D eigenvalue weighted by Crippen LogP contribution is 2.29. The molecule has 1 rings (SSSR count). The van der Waals surface area contributed by atoms with Gasteiger partial charge in [0.15, 0.2) is 0 Å². The monoisotopic (exact) mass is 290 g/mol. The molecule has 2 N–H and O–H groups in total. The number of rotatable bonds is 6. The standard InChI is InChI=1S/C14H21F3N2O/c1-4-11(18)13(14(15,16)17)19(2)9-10-7-5-6-8-12(10)20-3/h5-8,11,13H,4,9,18H2,1-3H3. The van der Waals surface area contributed by atoms with Crippen molar-refractivity contribution in [1.29, 1.82) is 0 Å². The van der Waals surface area contributed by atoms with Crippen LogP contribution in [0.2, 0.25) is 0 Å². The summed E-state index contributed by atoms with van der Waals surface area (Å²) < 4.78 is 44.6. The predicted molar refractivity (Wildman–Crippen MR) is 72.6 cm³/mol. The van der Waals surface area contributed by atoms with Crippen molar-refractivity contribution in [2.24, 2.45) is 5.73 Å². The molecule has 0 bridgehead atoms. The Kier molecular flexibility index (Phi) is 5.83. The van der Waals surface area contributed by atoms with Crippen molar-refractivity contribution in [2.45, 2.75) is 38.1 Å². The summed E-state index contributed by atoms with van der Waals surface area (Å²) in [5, 5.41) is 0. The molecule has 114 valence electrons. The van der Waals surface area contributed by atoms with Gasteiger partial charge in [0.05, 0.1) is 7.11 Å². The molecule has 0 saturated heterocycles. The number of benzene rings is 1. The van der Waals surface area contributed by atoms with Gasteiger partial charge < -0.3 is 10.5 Å². The Balaban J connectivity index is 2.94. The van der Waals surface area contributed by atoms with Gasteiger partial charge in [-0.15, -0.1) is 0 Å². The van der Waals surface area contributed by atoms with Gasteiger partial charge in [0.25, 0.3) is 0 Å². The molecule has 0 radical (unpaired) electrons. The van der Waals surface area contributed by atoms with Gasteiger partial charge >= 0.3 is 6.18 Å². The maximum absolute atomic E-state index is 13.1. The molecule has 2 unspecified atom stereocenters. The summed E-state index contributed by atoms with van der Waals surface area (Å²) >= 11 is 0. The molecule has 0 saturated carbocycles. The van der Waals surface area contributed by atoms with Gasteiger partial charge in [0, 0.05) is 18.2 Å². The van der Waals surface area contributed by atoms with Gasteiger partial charge in [-0.2, -0.15) is 13.2 Å². The second-order valence-electron chi connectivity index (χ2n) is 4.79. The molecule has 0 fully saturated rings. The van der Waals surface area contributed by atoms with Crippen molar-refractivity contribution in [1.82, 2.24) is 4.90 Å². The molecule has 3 nitrogen and oxygen atoms in total. The van der Waals surface area contributed by atoms with Gasteiger partial charge in [0.1, 0.15) is 11.8 Å². The second kappa shape index (κ2) is 6.95. The van der Waals surface area contributed by atoms with Gasteiger partial charge in [-0.1, -0.05) is 25.1 Å². The lowest BCUT2D eigenvalue weighted by molar-refractivity contribution is -0.187. The molecule has 0 heterocycles. The van der Waals surface area contributed by atoms with Gasteiger partial charge in [0.2, 0.25) is 0 Å². The first-order valence-corrected chi connectivity index (χ1v) is 6.45. The summed E-state index contributed by atoms with van der Waals surface area (Å²) in [7, 11) is 2.93. The number of para-hydroxylation sites is 1. The van der Waals surface area contributed by atoms with Gasteiger partial charge in [-0.05, 0) is 19.5 Å². The zero-order valence-corrected chi connectivity index (χ0v) is 11.9. The van der Waals surface area contributed by atoms with E-state index < -0.39 is 18.3 Å². The van der Waals surface area contributed by atoms with Crippen molar-refractivity contribution < 1.29 is 17.9 Å². The molecule has 1 aromatic carbocycles. The van der Waals surface area contributed by atoms with Crippen LogP contribution in [-0.4, -0.2) is 37.3 Å². The van der Waals surface area contributed by atoms with Crippen LogP contribution in [0.3, 0.4) is 0 Å². The van der Waals surface area contributed by atoms with Gasteiger partial charge in [-0.25, -0.2) is 0 Å². The van der Waals surface area contributed by atoms with Crippen LogP contribution in [0.15, 0.2) is 24.3 Å². The van der Waals surface area contributed by atoms with Crippen LogP contribution in [0, 0.1) is 0 Å². The SMILES string of the molecule is CCC(N)C(N(C)Cc1ccccc1OC)C(F)(F)F. The third-order valence-electron chi connectivity index (χ3n) is 3.30. The number of hydrogen-bond acceptors (Lipinski definition) is 3.